The van der Waals surface area contributed by atoms with E-state index in [-0.39, 0.29) is 0 Å². The number of hydrazine groups is 1. The number of nitrogens with zero attached hydrogens (tertiary/aromatic N) is 1. The molecular weight excluding hydrogens is 184 g/mol. The second kappa shape index (κ2) is 5.86. The molecule has 2 heteroatoms. The van der Waals surface area contributed by atoms with Gasteiger partial charge in [-0.2, -0.15) is 0 Å². The zero-order valence-corrected chi connectivity index (χ0v) is 9.96. The summed E-state index contributed by atoms with van der Waals surface area (Å²) in [7, 11) is 0. The highest BCUT2D eigenvalue weighted by molar-refractivity contribution is 4.75. The lowest BCUT2D eigenvalue weighted by Crippen LogP contribution is -2.45. The molecule has 15 heavy (non-hydrogen) atoms. The van der Waals surface area contributed by atoms with Crippen molar-refractivity contribution in [2.75, 3.05) is 6.54 Å². The zero-order chi connectivity index (χ0) is 10.5. The molecule has 0 saturated heterocycles. The first kappa shape index (κ1) is 11.4. The molecule has 0 aromatic rings. The Bertz CT molecular complexity index is 169. The fraction of sp³-hybridized carbons (Fsp3) is 1.00. The second-order valence-electron chi connectivity index (χ2n) is 5.49. The van der Waals surface area contributed by atoms with E-state index in [1.165, 1.54) is 64.2 Å². The minimum absolute atomic E-state index is 0.695. The molecule has 0 atom stereocenters. The van der Waals surface area contributed by atoms with Crippen LogP contribution in [0.15, 0.2) is 0 Å². The van der Waals surface area contributed by atoms with Crippen molar-refractivity contribution in [2.24, 2.45) is 11.8 Å². The second-order valence-corrected chi connectivity index (χ2v) is 5.49. The first-order valence-electron chi connectivity index (χ1n) is 6.87. The van der Waals surface area contributed by atoms with Gasteiger partial charge in [-0.15, -0.1) is 0 Å². The Labute approximate surface area is 94.2 Å². The van der Waals surface area contributed by atoms with Crippen molar-refractivity contribution in [3.8, 4) is 0 Å². The predicted molar refractivity (Wildman–Crippen MR) is 64.3 cm³/mol. The van der Waals surface area contributed by atoms with E-state index >= 15 is 0 Å². The summed E-state index contributed by atoms with van der Waals surface area (Å²) in [5.74, 6) is 7.11. The van der Waals surface area contributed by atoms with Gasteiger partial charge in [0, 0.05) is 12.6 Å². The summed E-state index contributed by atoms with van der Waals surface area (Å²) in [6.07, 6.45) is 14.0. The van der Waals surface area contributed by atoms with Crippen LogP contribution in [0.4, 0.5) is 0 Å². The fourth-order valence-electron chi connectivity index (χ4n) is 3.23. The minimum atomic E-state index is 0.695. The van der Waals surface area contributed by atoms with E-state index < -0.39 is 0 Å². The summed E-state index contributed by atoms with van der Waals surface area (Å²) in [6, 6.07) is 0.695. The molecule has 2 aliphatic rings. The van der Waals surface area contributed by atoms with Crippen LogP contribution in [0.5, 0.6) is 0 Å². The molecule has 0 bridgehead atoms. The Morgan fingerprint density at radius 1 is 0.800 bits per heavy atom. The van der Waals surface area contributed by atoms with E-state index in [9.17, 15) is 0 Å². The molecule has 0 spiro atoms. The summed E-state index contributed by atoms with van der Waals surface area (Å²) in [4.78, 5) is 0. The van der Waals surface area contributed by atoms with Crippen molar-refractivity contribution < 1.29 is 0 Å². The first-order valence-corrected chi connectivity index (χ1v) is 6.87. The molecule has 0 aromatic carbocycles. The van der Waals surface area contributed by atoms with Crippen molar-refractivity contribution in [1.82, 2.24) is 5.01 Å². The molecule has 2 N–H and O–H groups in total. The topological polar surface area (TPSA) is 29.3 Å². The minimum Gasteiger partial charge on any atom is -0.269 e. The largest absolute Gasteiger partial charge is 0.269 e. The van der Waals surface area contributed by atoms with Crippen LogP contribution in [-0.2, 0) is 0 Å². The van der Waals surface area contributed by atoms with Gasteiger partial charge < -0.3 is 0 Å². The van der Waals surface area contributed by atoms with Crippen LogP contribution in [0, 0.1) is 5.92 Å². The molecule has 2 rings (SSSR count). The highest BCUT2D eigenvalue weighted by atomic mass is 15.4. The maximum absolute atomic E-state index is 6.21. The van der Waals surface area contributed by atoms with E-state index in [4.69, 9.17) is 5.84 Å². The number of rotatable bonds is 3. The normalized spacial score (nSPS) is 26.0. The molecule has 0 heterocycles. The zero-order valence-electron chi connectivity index (χ0n) is 9.96. The van der Waals surface area contributed by atoms with Gasteiger partial charge in [-0.1, -0.05) is 38.5 Å². The van der Waals surface area contributed by atoms with E-state index in [1.807, 2.05) is 0 Å². The SMILES string of the molecule is NN(CC1CCCCC1)C1CCCCC1. The van der Waals surface area contributed by atoms with Gasteiger partial charge in [0.25, 0.3) is 0 Å². The Hall–Kier alpha value is -0.0800. The highest BCUT2D eigenvalue weighted by Gasteiger charge is 2.22. The summed E-state index contributed by atoms with van der Waals surface area (Å²) in [5, 5.41) is 2.18. The van der Waals surface area contributed by atoms with Crippen LogP contribution in [0.2, 0.25) is 0 Å². The van der Waals surface area contributed by atoms with Crippen molar-refractivity contribution in [3.05, 3.63) is 0 Å². The average molecular weight is 210 g/mol. The smallest absolute Gasteiger partial charge is 0.0241 e. The van der Waals surface area contributed by atoms with Gasteiger partial charge in [0.05, 0.1) is 0 Å². The monoisotopic (exact) mass is 210 g/mol. The van der Waals surface area contributed by atoms with E-state index in [0.29, 0.717) is 6.04 Å². The van der Waals surface area contributed by atoms with E-state index in [0.717, 1.165) is 12.5 Å². The number of nitrogens with two attached hydrogens (primary N) is 1. The summed E-state index contributed by atoms with van der Waals surface area (Å²) in [6.45, 7) is 1.16. The summed E-state index contributed by atoms with van der Waals surface area (Å²) in [5.41, 5.74) is 0. The van der Waals surface area contributed by atoms with Crippen LogP contribution in [-0.4, -0.2) is 17.6 Å². The summed E-state index contributed by atoms with van der Waals surface area (Å²) < 4.78 is 0. The van der Waals surface area contributed by atoms with Crippen LogP contribution >= 0.6 is 0 Å². The quantitative estimate of drug-likeness (QED) is 0.573. The van der Waals surface area contributed by atoms with Crippen molar-refractivity contribution >= 4 is 0 Å². The van der Waals surface area contributed by atoms with Crippen molar-refractivity contribution in [1.29, 1.82) is 0 Å². The maximum atomic E-state index is 6.21. The molecule has 0 unspecified atom stereocenters. The van der Waals surface area contributed by atoms with Gasteiger partial charge in [0.15, 0.2) is 0 Å². The van der Waals surface area contributed by atoms with Gasteiger partial charge in [0.2, 0.25) is 0 Å². The molecule has 0 aromatic heterocycles. The van der Waals surface area contributed by atoms with E-state index in [1.54, 1.807) is 0 Å². The third-order valence-corrected chi connectivity index (χ3v) is 4.24. The van der Waals surface area contributed by atoms with Gasteiger partial charge in [-0.05, 0) is 31.6 Å². The van der Waals surface area contributed by atoms with Gasteiger partial charge in [-0.25, -0.2) is 5.01 Å². The van der Waals surface area contributed by atoms with Gasteiger partial charge >= 0.3 is 0 Å². The summed E-state index contributed by atoms with van der Waals surface area (Å²) >= 11 is 0. The van der Waals surface area contributed by atoms with Gasteiger partial charge in [-0.3, -0.25) is 5.84 Å². The first-order chi connectivity index (χ1) is 7.36. The lowest BCUT2D eigenvalue weighted by atomic mass is 9.88. The third kappa shape index (κ3) is 3.46. The fourth-order valence-corrected chi connectivity index (χ4v) is 3.23. The molecule has 2 nitrogen and oxygen atoms in total. The van der Waals surface area contributed by atoms with E-state index in [2.05, 4.69) is 5.01 Å². The Morgan fingerprint density at radius 2 is 1.33 bits per heavy atom. The molecular formula is C13H26N2. The lowest BCUT2D eigenvalue weighted by Gasteiger charge is -2.34. The molecule has 88 valence electrons. The highest BCUT2D eigenvalue weighted by Crippen LogP contribution is 2.26. The molecule has 0 radical (unpaired) electrons. The number of hydrogen-bond acceptors (Lipinski definition) is 2. The molecule has 2 saturated carbocycles. The van der Waals surface area contributed by atoms with Crippen molar-refractivity contribution in [3.63, 3.8) is 0 Å². The van der Waals surface area contributed by atoms with Crippen LogP contribution in [0.1, 0.15) is 64.2 Å². The molecule has 2 aliphatic carbocycles. The predicted octanol–water partition coefficient (Wildman–Crippen LogP) is 3.08. The maximum Gasteiger partial charge on any atom is 0.0241 e. The molecule has 2 fully saturated rings. The Kier molecular flexibility index (Phi) is 4.45. The molecule has 0 aliphatic heterocycles. The van der Waals surface area contributed by atoms with Crippen molar-refractivity contribution in [2.45, 2.75) is 70.3 Å². The lowest BCUT2D eigenvalue weighted by molar-refractivity contribution is 0.122. The van der Waals surface area contributed by atoms with Gasteiger partial charge in [0.1, 0.15) is 0 Å². The Balaban J connectivity index is 1.72. The standard InChI is InChI=1S/C13H26N2/c14-15(13-9-5-2-6-10-13)11-12-7-3-1-4-8-12/h12-13H,1-11,14H2. The van der Waals surface area contributed by atoms with Crippen LogP contribution in [0.25, 0.3) is 0 Å². The Morgan fingerprint density at radius 3 is 1.93 bits per heavy atom. The third-order valence-electron chi connectivity index (χ3n) is 4.24. The van der Waals surface area contributed by atoms with Crippen LogP contribution in [0.3, 0.4) is 0 Å². The van der Waals surface area contributed by atoms with Crippen LogP contribution < -0.4 is 5.84 Å². The number of hydrogen-bond donors (Lipinski definition) is 1. The molecule has 0 amide bonds. The average Bonchev–Trinajstić information content (AvgIpc) is 2.31.